The van der Waals surface area contributed by atoms with Crippen molar-refractivity contribution in [3.05, 3.63) is 59.2 Å². The Hall–Kier alpha value is -1.85. The van der Waals surface area contributed by atoms with E-state index in [1.54, 1.807) is 10.4 Å². The molecule has 22 heavy (non-hydrogen) atoms. The van der Waals surface area contributed by atoms with E-state index in [0.717, 1.165) is 42.7 Å². The maximum Gasteiger partial charge on any atom is 0.264 e. The fourth-order valence-corrected chi connectivity index (χ4v) is 4.86. The van der Waals surface area contributed by atoms with Crippen molar-refractivity contribution in [3.63, 3.8) is 0 Å². The summed E-state index contributed by atoms with van der Waals surface area (Å²) >= 11 is 0. The van der Waals surface area contributed by atoms with Gasteiger partial charge in [0.15, 0.2) is 0 Å². The minimum Gasteiger partial charge on any atom is -0.312 e. The van der Waals surface area contributed by atoms with Crippen LogP contribution in [0.15, 0.2) is 47.4 Å². The highest BCUT2D eigenvalue weighted by molar-refractivity contribution is 7.92. The molecule has 0 saturated heterocycles. The molecule has 0 spiro atoms. The molecule has 0 aromatic heterocycles. The second kappa shape index (κ2) is 5.11. The van der Waals surface area contributed by atoms with E-state index in [4.69, 9.17) is 0 Å². The first-order valence-electron chi connectivity index (χ1n) is 7.59. The Morgan fingerprint density at radius 3 is 2.73 bits per heavy atom. The summed E-state index contributed by atoms with van der Waals surface area (Å²) in [5.41, 5.74) is 4.27. The van der Waals surface area contributed by atoms with Crippen LogP contribution in [0.1, 0.15) is 16.7 Å². The van der Waals surface area contributed by atoms with Gasteiger partial charge in [-0.3, -0.25) is 4.31 Å². The third-order valence-corrected chi connectivity index (χ3v) is 6.31. The summed E-state index contributed by atoms with van der Waals surface area (Å²) in [7, 11) is -3.48. The monoisotopic (exact) mass is 314 g/mol. The second-order valence-electron chi connectivity index (χ2n) is 5.81. The Bertz CT molecular complexity index is 830. The van der Waals surface area contributed by atoms with E-state index in [9.17, 15) is 8.42 Å². The van der Waals surface area contributed by atoms with Gasteiger partial charge in [-0.1, -0.05) is 24.3 Å². The van der Waals surface area contributed by atoms with Crippen LogP contribution in [0.4, 0.5) is 5.69 Å². The van der Waals surface area contributed by atoms with Gasteiger partial charge in [0.25, 0.3) is 10.0 Å². The third-order valence-electron chi connectivity index (χ3n) is 4.50. The molecule has 4 nitrogen and oxygen atoms in total. The SMILES string of the molecule is O=S(=O)(c1ccc2c(c1)CNCC2)N1CCc2ccccc21. The zero-order chi connectivity index (χ0) is 15.2. The first kappa shape index (κ1) is 13.8. The van der Waals surface area contributed by atoms with Crippen LogP contribution in [0.3, 0.4) is 0 Å². The van der Waals surface area contributed by atoms with Gasteiger partial charge in [0.1, 0.15) is 0 Å². The number of benzene rings is 2. The van der Waals surface area contributed by atoms with Crippen molar-refractivity contribution >= 4 is 15.7 Å². The van der Waals surface area contributed by atoms with E-state index < -0.39 is 10.0 Å². The first-order valence-corrected chi connectivity index (χ1v) is 9.03. The standard InChI is InChI=1S/C17H18N2O2S/c20-22(21,19-10-8-14-3-1-2-4-17(14)19)16-6-5-13-7-9-18-12-15(13)11-16/h1-6,11,18H,7-10,12H2. The van der Waals surface area contributed by atoms with Crippen molar-refractivity contribution < 1.29 is 8.42 Å². The quantitative estimate of drug-likeness (QED) is 0.923. The number of hydrogen-bond acceptors (Lipinski definition) is 3. The molecule has 2 aromatic carbocycles. The Morgan fingerprint density at radius 1 is 0.955 bits per heavy atom. The van der Waals surface area contributed by atoms with E-state index in [0.29, 0.717) is 11.4 Å². The third kappa shape index (κ3) is 2.12. The Balaban J connectivity index is 1.76. The van der Waals surface area contributed by atoms with Gasteiger partial charge in [0.2, 0.25) is 0 Å². The van der Waals surface area contributed by atoms with Crippen molar-refractivity contribution in [1.82, 2.24) is 5.32 Å². The largest absolute Gasteiger partial charge is 0.312 e. The maximum absolute atomic E-state index is 13.0. The zero-order valence-electron chi connectivity index (χ0n) is 12.2. The number of sulfonamides is 1. The van der Waals surface area contributed by atoms with Crippen LogP contribution < -0.4 is 9.62 Å². The number of fused-ring (bicyclic) bond motifs is 2. The van der Waals surface area contributed by atoms with Crippen LogP contribution >= 0.6 is 0 Å². The fourth-order valence-electron chi connectivity index (χ4n) is 3.30. The van der Waals surface area contributed by atoms with Gasteiger partial charge in [-0.05, 0) is 54.3 Å². The lowest BCUT2D eigenvalue weighted by molar-refractivity contribution is 0.591. The molecule has 0 fully saturated rings. The first-order chi connectivity index (χ1) is 10.7. The topological polar surface area (TPSA) is 49.4 Å². The highest BCUT2D eigenvalue weighted by atomic mass is 32.2. The number of nitrogens with zero attached hydrogens (tertiary/aromatic N) is 1. The van der Waals surface area contributed by atoms with Crippen molar-refractivity contribution in [2.24, 2.45) is 0 Å². The summed E-state index contributed by atoms with van der Waals surface area (Å²) in [5, 5.41) is 3.30. The van der Waals surface area contributed by atoms with Crippen LogP contribution in [0.5, 0.6) is 0 Å². The Morgan fingerprint density at radius 2 is 1.82 bits per heavy atom. The molecule has 0 amide bonds. The maximum atomic E-state index is 13.0. The lowest BCUT2D eigenvalue weighted by Gasteiger charge is -2.22. The molecule has 1 N–H and O–H groups in total. The van der Waals surface area contributed by atoms with Crippen LogP contribution in [-0.2, 0) is 29.4 Å². The highest BCUT2D eigenvalue weighted by Crippen LogP contribution is 2.33. The number of anilines is 1. The second-order valence-corrected chi connectivity index (χ2v) is 7.68. The smallest absolute Gasteiger partial charge is 0.264 e. The molecule has 0 atom stereocenters. The molecule has 2 aliphatic rings. The van der Waals surface area contributed by atoms with Gasteiger partial charge >= 0.3 is 0 Å². The molecule has 114 valence electrons. The summed E-state index contributed by atoms with van der Waals surface area (Å²) in [6.07, 6.45) is 1.74. The Labute approximate surface area is 130 Å². The molecule has 0 aliphatic carbocycles. The molecule has 5 heteroatoms. The molecule has 2 aliphatic heterocycles. The fraction of sp³-hybridized carbons (Fsp3) is 0.294. The predicted octanol–water partition coefficient (Wildman–Crippen LogP) is 2.08. The molecule has 0 bridgehead atoms. The van der Waals surface area contributed by atoms with Crippen LogP contribution in [0.25, 0.3) is 0 Å². The molecular formula is C17H18N2O2S. The van der Waals surface area contributed by atoms with Crippen LogP contribution in [-0.4, -0.2) is 21.5 Å². The van der Waals surface area contributed by atoms with Gasteiger partial charge in [0.05, 0.1) is 10.6 Å². The van der Waals surface area contributed by atoms with Gasteiger partial charge in [-0.15, -0.1) is 0 Å². The number of hydrogen-bond donors (Lipinski definition) is 1. The van der Waals surface area contributed by atoms with Gasteiger partial charge in [0, 0.05) is 13.1 Å². The molecule has 0 radical (unpaired) electrons. The van der Waals surface area contributed by atoms with Crippen molar-refractivity contribution in [1.29, 1.82) is 0 Å². The van der Waals surface area contributed by atoms with Crippen molar-refractivity contribution in [2.45, 2.75) is 24.3 Å². The summed E-state index contributed by atoms with van der Waals surface area (Å²) < 4.78 is 27.5. The number of para-hydroxylation sites is 1. The summed E-state index contributed by atoms with van der Waals surface area (Å²) in [4.78, 5) is 0.395. The molecule has 2 heterocycles. The summed E-state index contributed by atoms with van der Waals surface area (Å²) in [6, 6.07) is 13.3. The summed E-state index contributed by atoms with van der Waals surface area (Å²) in [6.45, 7) is 2.23. The Kier molecular flexibility index (Phi) is 3.20. The lowest BCUT2D eigenvalue weighted by atomic mass is 10.0. The lowest BCUT2D eigenvalue weighted by Crippen LogP contribution is -2.30. The molecule has 0 saturated carbocycles. The number of nitrogens with one attached hydrogen (secondary N) is 1. The molecule has 0 unspecified atom stereocenters. The van der Waals surface area contributed by atoms with E-state index >= 15 is 0 Å². The zero-order valence-corrected chi connectivity index (χ0v) is 13.1. The molecule has 2 aromatic rings. The predicted molar refractivity (Wildman–Crippen MR) is 86.5 cm³/mol. The molecule has 4 rings (SSSR count). The number of rotatable bonds is 2. The summed E-state index contributed by atoms with van der Waals surface area (Å²) in [5.74, 6) is 0. The average Bonchev–Trinajstić information content (AvgIpc) is 2.99. The van der Waals surface area contributed by atoms with E-state index in [2.05, 4.69) is 5.32 Å². The van der Waals surface area contributed by atoms with Crippen LogP contribution in [0, 0.1) is 0 Å². The minimum atomic E-state index is -3.48. The highest BCUT2D eigenvalue weighted by Gasteiger charge is 2.31. The van der Waals surface area contributed by atoms with E-state index in [1.807, 2.05) is 36.4 Å². The normalized spacial score (nSPS) is 17.2. The van der Waals surface area contributed by atoms with Crippen molar-refractivity contribution in [2.75, 3.05) is 17.4 Å². The van der Waals surface area contributed by atoms with Crippen molar-refractivity contribution in [3.8, 4) is 0 Å². The van der Waals surface area contributed by atoms with E-state index in [1.165, 1.54) is 5.56 Å². The van der Waals surface area contributed by atoms with E-state index in [-0.39, 0.29) is 0 Å². The average molecular weight is 314 g/mol. The van der Waals surface area contributed by atoms with Gasteiger partial charge < -0.3 is 5.32 Å². The van der Waals surface area contributed by atoms with Gasteiger partial charge in [-0.25, -0.2) is 8.42 Å². The molecular weight excluding hydrogens is 296 g/mol. The van der Waals surface area contributed by atoms with Crippen LogP contribution in [0.2, 0.25) is 0 Å². The minimum absolute atomic E-state index is 0.395. The van der Waals surface area contributed by atoms with Gasteiger partial charge in [-0.2, -0.15) is 0 Å².